The van der Waals surface area contributed by atoms with E-state index in [-0.39, 0.29) is 35.2 Å². The summed E-state index contributed by atoms with van der Waals surface area (Å²) >= 11 is 0. The number of ether oxygens (including phenoxy) is 8. The molecule has 7 fully saturated rings. The Bertz CT molecular complexity index is 1890. The Kier molecular flexibility index (Phi) is 19.2. The zero-order chi connectivity index (χ0) is 53.7. The summed E-state index contributed by atoms with van der Waals surface area (Å²) in [5, 5.41) is 150. The lowest BCUT2D eigenvalue weighted by Gasteiger charge is -2.58. The Labute approximate surface area is 432 Å². The van der Waals surface area contributed by atoms with Gasteiger partial charge in [-0.15, -0.1) is 0 Å². The summed E-state index contributed by atoms with van der Waals surface area (Å²) in [4.78, 5) is 0. The third-order valence-corrected chi connectivity index (χ3v) is 18.9. The van der Waals surface area contributed by atoms with Crippen LogP contribution < -0.4 is 0 Å². The van der Waals surface area contributed by atoms with Crippen molar-refractivity contribution >= 4 is 0 Å². The van der Waals surface area contributed by atoms with Crippen LogP contribution in [0.4, 0.5) is 0 Å². The van der Waals surface area contributed by atoms with Crippen molar-refractivity contribution in [2.45, 2.75) is 221 Å². The molecule has 3 saturated carbocycles. The first-order chi connectivity index (χ1) is 35.1. The molecule has 8 aliphatic rings. The van der Waals surface area contributed by atoms with Gasteiger partial charge in [0.1, 0.15) is 91.6 Å². The van der Waals surface area contributed by atoms with E-state index in [2.05, 4.69) is 40.7 Å². The number of aliphatic hydroxyl groups is 14. The predicted octanol–water partition coefficient (Wildman–Crippen LogP) is -2.18. The van der Waals surface area contributed by atoms with Gasteiger partial charge in [-0.25, -0.2) is 0 Å². The van der Waals surface area contributed by atoms with Crippen LogP contribution in [-0.2, 0) is 37.9 Å². The number of hydrogen-bond donors (Lipinski definition) is 14. The number of hydrogen-bond acceptors (Lipinski definition) is 22. The van der Waals surface area contributed by atoms with Crippen LogP contribution in [0.1, 0.15) is 92.4 Å². The summed E-state index contributed by atoms with van der Waals surface area (Å²) in [6.07, 6.45) is -22.1. The van der Waals surface area contributed by atoms with E-state index >= 15 is 0 Å². The van der Waals surface area contributed by atoms with Gasteiger partial charge in [-0.2, -0.15) is 0 Å². The lowest BCUT2D eigenvalue weighted by atomic mass is 9.47. The Morgan fingerprint density at radius 3 is 1.78 bits per heavy atom. The third-order valence-electron chi connectivity index (χ3n) is 18.9. The van der Waals surface area contributed by atoms with Crippen LogP contribution in [0.15, 0.2) is 23.3 Å². The van der Waals surface area contributed by atoms with E-state index in [9.17, 15) is 71.5 Å². The minimum absolute atomic E-state index is 0.0305. The topological polar surface area (TPSA) is 357 Å². The molecule has 74 heavy (non-hydrogen) atoms. The Morgan fingerprint density at radius 2 is 1.19 bits per heavy atom. The maximum atomic E-state index is 12.3. The lowest BCUT2D eigenvalue weighted by molar-refractivity contribution is -0.397. The van der Waals surface area contributed by atoms with Crippen LogP contribution in [0.5, 0.6) is 0 Å². The molecule has 0 spiro atoms. The number of rotatable bonds is 17. The lowest BCUT2D eigenvalue weighted by Crippen LogP contribution is -2.67. The van der Waals surface area contributed by atoms with E-state index in [1.54, 1.807) is 0 Å². The number of fused-ring (bicyclic) bond motifs is 5. The van der Waals surface area contributed by atoms with E-state index in [0.29, 0.717) is 30.6 Å². The molecule has 0 amide bonds. The molecule has 0 radical (unpaired) electrons. The highest BCUT2D eigenvalue weighted by molar-refractivity contribution is 5.29. The second-order valence-electron chi connectivity index (χ2n) is 23.5. The fourth-order valence-corrected chi connectivity index (χ4v) is 14.4. The maximum Gasteiger partial charge on any atom is 0.187 e. The van der Waals surface area contributed by atoms with Crippen molar-refractivity contribution in [2.24, 2.45) is 46.3 Å². The van der Waals surface area contributed by atoms with Gasteiger partial charge in [-0.3, -0.25) is 0 Å². The first-order valence-electron chi connectivity index (χ1n) is 26.9. The van der Waals surface area contributed by atoms with Gasteiger partial charge in [-0.05, 0) is 98.2 Å². The van der Waals surface area contributed by atoms with Crippen molar-refractivity contribution in [3.8, 4) is 0 Å². The van der Waals surface area contributed by atoms with Crippen LogP contribution in [0.2, 0.25) is 0 Å². The predicted molar refractivity (Wildman–Crippen MR) is 256 cm³/mol. The molecular weight excluding hydrogens is 977 g/mol. The molecule has 14 N–H and O–H groups in total. The van der Waals surface area contributed by atoms with E-state index in [0.717, 1.165) is 44.9 Å². The summed E-state index contributed by atoms with van der Waals surface area (Å²) in [6, 6.07) is 0. The van der Waals surface area contributed by atoms with Crippen molar-refractivity contribution in [1.82, 2.24) is 0 Å². The SMILES string of the molecule is CC(C)/C(=C/CO)CC[C@@H](C)[C@H]1C[C@@H](O)[C@H]2C3=CCC4C[C@@H](O[C@@H]5O[C@H](CO)[C@@H](O[C@@H]6O[C@H](CO)[C@H](O)[C@H](O)[C@H]6O)[C@H](O[C@@H]6OC[C@@H](O)[C@@H](O)[C@@H]6O[C@H]6O[C@H](CO)[C@H](O)[C@H](O)[C@H]6O)[C@H]5O)CC[C@]4(C)[C@H]3CC[C@]12C. The standard InChI is InChI=1S/C52H86O22/c1-22(2)24(12-15-53)7-6-23(3)29-17-30(57)35-27-9-8-25-16-26(10-13-51(25,4)28(27)11-14-52(29,35)5)68-49-43(66)45(44(34(20-56)71-49)72-47-41(64)39(62)37(60)32(18-54)69-47)73-50-46(36(59)31(58)21-67-50)74-48-42(65)40(63)38(61)33(19-55)70-48/h9,12,22-23,25-26,28-50,53-66H,6-8,10-11,13-21H2,1-5H3/b24-12+/t23-,25?,26+,28+,29-,30-,31-,32-,33-,34-,35-,36-,37+,38+,39+,40+,41-,42-,43-,44-,45-,46+,47+,48-,49-,50+,51+,52-/m1/s1. The molecule has 426 valence electrons. The minimum Gasteiger partial charge on any atom is -0.394 e. The fourth-order valence-electron chi connectivity index (χ4n) is 14.4. The maximum absolute atomic E-state index is 12.3. The molecule has 0 aromatic carbocycles. The Morgan fingerprint density at radius 1 is 0.622 bits per heavy atom. The summed E-state index contributed by atoms with van der Waals surface area (Å²) in [5.74, 6) is 1.55. The summed E-state index contributed by atoms with van der Waals surface area (Å²) in [6.45, 7) is 8.42. The van der Waals surface area contributed by atoms with Crippen LogP contribution >= 0.6 is 0 Å². The van der Waals surface area contributed by atoms with Gasteiger partial charge >= 0.3 is 0 Å². The summed E-state index contributed by atoms with van der Waals surface area (Å²) in [5.41, 5.74) is 2.45. The molecule has 4 aliphatic heterocycles. The highest BCUT2D eigenvalue weighted by Crippen LogP contribution is 2.67. The van der Waals surface area contributed by atoms with Gasteiger partial charge in [0.05, 0.1) is 45.2 Å². The van der Waals surface area contributed by atoms with E-state index < -0.39 is 155 Å². The van der Waals surface area contributed by atoms with Crippen molar-refractivity contribution < 1.29 is 109 Å². The minimum atomic E-state index is -1.94. The molecule has 0 aromatic rings. The molecule has 0 aromatic heterocycles. The van der Waals surface area contributed by atoms with Crippen LogP contribution in [0.3, 0.4) is 0 Å². The van der Waals surface area contributed by atoms with Crippen molar-refractivity contribution in [1.29, 1.82) is 0 Å². The van der Waals surface area contributed by atoms with Gasteiger partial charge < -0.3 is 109 Å². The highest BCUT2D eigenvalue weighted by Gasteiger charge is 2.62. The molecule has 1 unspecified atom stereocenters. The Balaban J connectivity index is 1.01. The van der Waals surface area contributed by atoms with E-state index in [1.165, 1.54) is 11.1 Å². The van der Waals surface area contributed by atoms with Crippen molar-refractivity contribution in [2.75, 3.05) is 33.0 Å². The molecule has 4 saturated heterocycles. The second kappa shape index (κ2) is 24.1. The van der Waals surface area contributed by atoms with E-state index in [1.807, 2.05) is 6.08 Å². The first-order valence-corrected chi connectivity index (χ1v) is 26.9. The third kappa shape index (κ3) is 11.2. The van der Waals surface area contributed by atoms with Gasteiger partial charge in [0.15, 0.2) is 25.2 Å². The second-order valence-corrected chi connectivity index (χ2v) is 23.5. The average molecular weight is 1060 g/mol. The normalized spacial score (nSPS) is 50.5. The van der Waals surface area contributed by atoms with Gasteiger partial charge in [0.2, 0.25) is 0 Å². The van der Waals surface area contributed by atoms with E-state index in [4.69, 9.17) is 37.9 Å². The Hall–Kier alpha value is -1.40. The van der Waals surface area contributed by atoms with Crippen molar-refractivity contribution in [3.63, 3.8) is 0 Å². The van der Waals surface area contributed by atoms with Gasteiger partial charge in [-0.1, -0.05) is 57.9 Å². The zero-order valence-electron chi connectivity index (χ0n) is 43.2. The molecule has 22 nitrogen and oxygen atoms in total. The van der Waals surface area contributed by atoms with Crippen LogP contribution in [0.25, 0.3) is 0 Å². The average Bonchev–Trinajstić information content (AvgIpc) is 3.66. The summed E-state index contributed by atoms with van der Waals surface area (Å²) < 4.78 is 48.2. The summed E-state index contributed by atoms with van der Waals surface area (Å²) in [7, 11) is 0. The molecule has 0 bridgehead atoms. The molecular formula is C52H86O22. The van der Waals surface area contributed by atoms with Crippen LogP contribution in [0, 0.1) is 46.3 Å². The number of aliphatic hydroxyl groups excluding tert-OH is 14. The molecule has 8 rings (SSSR count). The van der Waals surface area contributed by atoms with Crippen LogP contribution in [-0.4, -0.2) is 233 Å². The molecule has 22 heteroatoms. The first kappa shape index (κ1) is 58.7. The van der Waals surface area contributed by atoms with Crippen molar-refractivity contribution in [3.05, 3.63) is 23.3 Å². The largest absolute Gasteiger partial charge is 0.394 e. The molecule has 28 atom stereocenters. The fraction of sp³-hybridized carbons (Fsp3) is 0.923. The highest BCUT2D eigenvalue weighted by atomic mass is 16.8. The smallest absolute Gasteiger partial charge is 0.187 e. The van der Waals surface area contributed by atoms with Gasteiger partial charge in [0, 0.05) is 5.92 Å². The zero-order valence-corrected chi connectivity index (χ0v) is 43.2. The molecule has 4 aliphatic carbocycles. The molecule has 4 heterocycles. The van der Waals surface area contributed by atoms with Gasteiger partial charge in [0.25, 0.3) is 0 Å². The number of allylic oxidation sites excluding steroid dienone is 2. The quantitative estimate of drug-likeness (QED) is 0.0689. The monoisotopic (exact) mass is 1060 g/mol.